The van der Waals surface area contributed by atoms with E-state index in [-0.39, 0.29) is 41.0 Å². The van der Waals surface area contributed by atoms with Gasteiger partial charge in [-0.1, -0.05) is 0 Å². The minimum absolute atomic E-state index is 0.00746. The van der Waals surface area contributed by atoms with E-state index in [4.69, 9.17) is 14.2 Å². The molecule has 2 heterocycles. The molecule has 144 valence electrons. The lowest BCUT2D eigenvalue weighted by atomic mass is 9.56. The Morgan fingerprint density at radius 3 is 2.26 bits per heavy atom. The van der Waals surface area contributed by atoms with Crippen LogP contribution in [-0.4, -0.2) is 44.5 Å². The fourth-order valence-electron chi connectivity index (χ4n) is 5.23. The maximum absolute atomic E-state index is 12.6. The number of nitrogens with zero attached hydrogens (tertiary/aromatic N) is 1. The molecule has 0 aromatic carbocycles. The number of esters is 3. The molecule has 0 amide bonds. The van der Waals surface area contributed by atoms with Crippen molar-refractivity contribution in [3.63, 3.8) is 0 Å². The molecule has 1 aromatic rings. The standard InChI is InChI=1S/C19H22NO6S/c1-24-17(21)11-5-4-8-20-14-9-6-7-10(15(14)27-16(11)20)13(19(23)26-3)12(9)18(22)25-2/h4-5,8-10,12-15H,6-7H2,1-3H3/q+1/t9-,10-,12-,13+,14+,15+/m0/s1. The van der Waals surface area contributed by atoms with Crippen LogP contribution in [0.1, 0.15) is 29.2 Å². The Bertz CT molecular complexity index is 811. The topological polar surface area (TPSA) is 82.8 Å². The highest BCUT2D eigenvalue weighted by atomic mass is 32.2. The Morgan fingerprint density at radius 2 is 1.63 bits per heavy atom. The number of methoxy groups -OCH3 is 3. The second kappa shape index (κ2) is 6.82. The van der Waals surface area contributed by atoms with Gasteiger partial charge < -0.3 is 14.2 Å². The molecule has 27 heavy (non-hydrogen) atoms. The molecule has 6 atom stereocenters. The van der Waals surface area contributed by atoms with Gasteiger partial charge in [-0.25, -0.2) is 4.79 Å². The highest BCUT2D eigenvalue weighted by Gasteiger charge is 2.66. The highest BCUT2D eigenvalue weighted by Crippen LogP contribution is 2.60. The molecule has 0 unspecified atom stereocenters. The molecular weight excluding hydrogens is 370 g/mol. The largest absolute Gasteiger partial charge is 0.469 e. The van der Waals surface area contributed by atoms with Gasteiger partial charge in [0.15, 0.2) is 12.2 Å². The highest BCUT2D eigenvalue weighted by molar-refractivity contribution is 8.00. The molecule has 3 saturated carbocycles. The van der Waals surface area contributed by atoms with Crippen LogP contribution in [-0.2, 0) is 23.8 Å². The first kappa shape index (κ1) is 18.3. The Morgan fingerprint density at radius 1 is 1.00 bits per heavy atom. The maximum atomic E-state index is 12.6. The van der Waals surface area contributed by atoms with Crippen molar-refractivity contribution in [2.75, 3.05) is 21.3 Å². The molecule has 0 radical (unpaired) electrons. The molecule has 7 nitrogen and oxygen atoms in total. The first-order valence-electron chi connectivity index (χ1n) is 8.98. The van der Waals surface area contributed by atoms with Crippen LogP contribution in [0.3, 0.4) is 0 Å². The smallest absolute Gasteiger partial charge is 0.345 e. The van der Waals surface area contributed by atoms with E-state index >= 15 is 0 Å². The first-order chi connectivity index (χ1) is 13.0. The first-order valence-corrected chi connectivity index (χ1v) is 9.86. The van der Waals surface area contributed by atoms with Crippen LogP contribution in [0, 0.1) is 23.7 Å². The Kier molecular flexibility index (Phi) is 4.61. The van der Waals surface area contributed by atoms with Gasteiger partial charge in [0.05, 0.1) is 38.4 Å². The summed E-state index contributed by atoms with van der Waals surface area (Å²) in [5, 5.41) is 0.949. The average Bonchev–Trinajstić information content (AvgIpc) is 3.12. The summed E-state index contributed by atoms with van der Waals surface area (Å²) in [6.45, 7) is 0. The molecule has 0 saturated heterocycles. The van der Waals surface area contributed by atoms with Crippen LogP contribution in [0.5, 0.6) is 0 Å². The Labute approximate surface area is 161 Å². The summed E-state index contributed by atoms with van der Waals surface area (Å²) >= 11 is 1.61. The third-order valence-electron chi connectivity index (χ3n) is 6.24. The van der Waals surface area contributed by atoms with Crippen molar-refractivity contribution in [1.29, 1.82) is 0 Å². The molecule has 4 aliphatic rings. The molecule has 1 aliphatic heterocycles. The number of thioether (sulfide) groups is 1. The predicted octanol–water partition coefficient (Wildman–Crippen LogP) is 1.39. The number of fused-ring (bicyclic) bond motifs is 3. The summed E-state index contributed by atoms with van der Waals surface area (Å²) in [7, 11) is 4.08. The van der Waals surface area contributed by atoms with Gasteiger partial charge in [-0.3, -0.25) is 9.59 Å². The SMILES string of the molecule is COC(=O)c1ccc[n+]2c1S[C@@H]1[C@H]3CC[C@@H]([C@H](C(=O)OC)[C@@H]3C(=O)OC)[C@H]12. The molecule has 0 N–H and O–H groups in total. The number of pyridine rings is 1. The zero-order valence-corrected chi connectivity index (χ0v) is 16.2. The van der Waals surface area contributed by atoms with Crippen LogP contribution >= 0.6 is 11.8 Å². The lowest BCUT2D eigenvalue weighted by Crippen LogP contribution is -2.61. The van der Waals surface area contributed by atoms with Gasteiger partial charge in [0.1, 0.15) is 5.56 Å². The third kappa shape index (κ3) is 2.56. The fourth-order valence-corrected chi connectivity index (χ4v) is 7.02. The van der Waals surface area contributed by atoms with E-state index in [1.54, 1.807) is 17.8 Å². The second-order valence-corrected chi connectivity index (χ2v) is 8.37. The number of carbonyl (C=O) groups excluding carboxylic acids is 3. The number of hydrogen-bond acceptors (Lipinski definition) is 7. The van der Waals surface area contributed by atoms with Crippen LogP contribution in [0.25, 0.3) is 0 Å². The average molecular weight is 392 g/mol. The molecule has 5 rings (SSSR count). The van der Waals surface area contributed by atoms with E-state index in [0.29, 0.717) is 5.56 Å². The summed E-state index contributed by atoms with van der Waals surface area (Å²) in [5.74, 6) is -2.17. The second-order valence-electron chi connectivity index (χ2n) is 7.20. The molecule has 1 aromatic heterocycles. The lowest BCUT2D eigenvalue weighted by Gasteiger charge is -2.49. The van der Waals surface area contributed by atoms with Gasteiger partial charge in [-0.2, -0.15) is 4.57 Å². The van der Waals surface area contributed by atoms with E-state index in [1.165, 1.54) is 21.3 Å². The monoisotopic (exact) mass is 392 g/mol. The minimum atomic E-state index is -0.525. The Hall–Kier alpha value is -2.09. The van der Waals surface area contributed by atoms with Crippen molar-refractivity contribution in [2.45, 2.75) is 29.2 Å². The number of rotatable bonds is 3. The van der Waals surface area contributed by atoms with Crippen LogP contribution in [0.15, 0.2) is 23.4 Å². The quantitative estimate of drug-likeness (QED) is 0.437. The van der Waals surface area contributed by atoms with E-state index in [2.05, 4.69) is 4.57 Å². The van der Waals surface area contributed by atoms with Crippen molar-refractivity contribution in [3.8, 4) is 0 Å². The molecule has 0 spiro atoms. The summed E-state index contributed by atoms with van der Waals surface area (Å²) in [6.07, 6.45) is 3.64. The number of carbonyl (C=O) groups is 3. The van der Waals surface area contributed by atoms with Crippen LogP contribution in [0.2, 0.25) is 0 Å². The van der Waals surface area contributed by atoms with Crippen molar-refractivity contribution >= 4 is 29.7 Å². The van der Waals surface area contributed by atoms with Crippen molar-refractivity contribution in [1.82, 2.24) is 0 Å². The van der Waals surface area contributed by atoms with E-state index in [9.17, 15) is 14.4 Å². The predicted molar refractivity (Wildman–Crippen MR) is 93.9 cm³/mol. The van der Waals surface area contributed by atoms with Crippen molar-refractivity contribution < 1.29 is 33.2 Å². The summed E-state index contributed by atoms with van der Waals surface area (Å²) < 4.78 is 17.1. The molecule has 8 heteroatoms. The van der Waals surface area contributed by atoms with Crippen LogP contribution < -0.4 is 4.57 Å². The number of ether oxygens (including phenoxy) is 3. The molecule has 2 bridgehead atoms. The van der Waals surface area contributed by atoms with E-state index in [1.807, 2.05) is 12.3 Å². The summed E-state index contributed by atoms with van der Waals surface area (Å²) in [5.41, 5.74) is 0.517. The normalized spacial score (nSPS) is 33.0. The number of hydrogen-bond donors (Lipinski definition) is 0. The lowest BCUT2D eigenvalue weighted by molar-refractivity contribution is -0.762. The van der Waals surface area contributed by atoms with Gasteiger partial charge in [0, 0.05) is 12.0 Å². The van der Waals surface area contributed by atoms with Gasteiger partial charge in [-0.15, -0.1) is 0 Å². The van der Waals surface area contributed by atoms with E-state index in [0.717, 1.165) is 17.9 Å². The zero-order valence-electron chi connectivity index (χ0n) is 15.4. The molecule has 3 aliphatic carbocycles. The summed E-state index contributed by atoms with van der Waals surface area (Å²) in [6, 6.07) is 3.61. The van der Waals surface area contributed by atoms with Gasteiger partial charge in [-0.05, 0) is 36.6 Å². The van der Waals surface area contributed by atoms with Gasteiger partial charge in [0.2, 0.25) is 0 Å². The zero-order chi connectivity index (χ0) is 19.3. The Balaban J connectivity index is 1.80. The minimum Gasteiger partial charge on any atom is -0.469 e. The number of aromatic nitrogens is 1. The van der Waals surface area contributed by atoms with Crippen molar-refractivity contribution in [3.05, 3.63) is 23.9 Å². The summed E-state index contributed by atoms with van der Waals surface area (Å²) in [4.78, 5) is 37.3. The van der Waals surface area contributed by atoms with Gasteiger partial charge in [0.25, 0.3) is 5.03 Å². The molecular formula is C19H22NO6S+. The third-order valence-corrected chi connectivity index (χ3v) is 7.79. The fraction of sp³-hybridized carbons (Fsp3) is 0.579. The van der Waals surface area contributed by atoms with E-state index < -0.39 is 11.8 Å². The maximum Gasteiger partial charge on any atom is 0.345 e. The van der Waals surface area contributed by atoms with Crippen LogP contribution in [0.4, 0.5) is 0 Å². The van der Waals surface area contributed by atoms with Crippen molar-refractivity contribution in [2.24, 2.45) is 23.7 Å². The van der Waals surface area contributed by atoms with Gasteiger partial charge >= 0.3 is 17.9 Å². The molecule has 3 fully saturated rings.